The molecule has 0 bridgehead atoms. The molecule has 0 unspecified atom stereocenters. The van der Waals surface area contributed by atoms with Gasteiger partial charge in [0.2, 0.25) is 0 Å². The quantitative estimate of drug-likeness (QED) is 0.845. The zero-order valence-electron chi connectivity index (χ0n) is 7.58. The SMILES string of the molecule is CC(=O)c1ccc(Br)c(CC(=O)O)c1. The molecule has 74 valence electrons. The average Bonchev–Trinajstić information content (AvgIpc) is 2.07. The molecule has 0 fully saturated rings. The molecule has 0 aliphatic carbocycles. The predicted molar refractivity (Wildman–Crippen MR) is 55.5 cm³/mol. The fourth-order valence-corrected chi connectivity index (χ4v) is 1.48. The van der Waals surface area contributed by atoms with Gasteiger partial charge in [0.1, 0.15) is 0 Å². The Labute approximate surface area is 89.9 Å². The number of carboxylic acid groups (broad SMARTS) is 1. The topological polar surface area (TPSA) is 54.4 Å². The molecule has 1 aromatic rings. The highest BCUT2D eigenvalue weighted by atomic mass is 79.9. The summed E-state index contributed by atoms with van der Waals surface area (Å²) in [7, 11) is 0. The first-order chi connectivity index (χ1) is 6.50. The summed E-state index contributed by atoms with van der Waals surface area (Å²) in [6.45, 7) is 1.45. The van der Waals surface area contributed by atoms with Gasteiger partial charge in [0, 0.05) is 10.0 Å². The molecule has 0 spiro atoms. The third-order valence-electron chi connectivity index (χ3n) is 1.79. The number of rotatable bonds is 3. The number of hydrogen-bond acceptors (Lipinski definition) is 2. The molecule has 0 atom stereocenters. The smallest absolute Gasteiger partial charge is 0.307 e. The molecule has 1 rings (SSSR count). The zero-order chi connectivity index (χ0) is 10.7. The maximum Gasteiger partial charge on any atom is 0.307 e. The molecule has 0 amide bonds. The van der Waals surface area contributed by atoms with Crippen molar-refractivity contribution >= 4 is 27.7 Å². The lowest BCUT2D eigenvalue weighted by atomic mass is 10.1. The Hall–Kier alpha value is -1.16. The van der Waals surface area contributed by atoms with Gasteiger partial charge >= 0.3 is 5.97 Å². The van der Waals surface area contributed by atoms with Gasteiger partial charge in [-0.25, -0.2) is 0 Å². The average molecular weight is 257 g/mol. The number of Topliss-reactive ketones (excluding diaryl/α,β-unsaturated/α-hetero) is 1. The first-order valence-corrected chi connectivity index (χ1v) is 4.81. The molecule has 1 N–H and O–H groups in total. The number of carboxylic acids is 1. The molecule has 4 heteroatoms. The Morgan fingerprint density at radius 3 is 2.57 bits per heavy atom. The number of halogens is 1. The summed E-state index contributed by atoms with van der Waals surface area (Å²) in [4.78, 5) is 21.5. The first-order valence-electron chi connectivity index (χ1n) is 4.02. The third kappa shape index (κ3) is 2.67. The van der Waals surface area contributed by atoms with Crippen LogP contribution in [-0.4, -0.2) is 16.9 Å². The predicted octanol–water partition coefficient (Wildman–Crippen LogP) is 2.28. The van der Waals surface area contributed by atoms with Gasteiger partial charge < -0.3 is 5.11 Å². The van der Waals surface area contributed by atoms with E-state index in [4.69, 9.17) is 5.11 Å². The Bertz CT molecular complexity index is 385. The van der Waals surface area contributed by atoms with Crippen LogP contribution in [0, 0.1) is 0 Å². The van der Waals surface area contributed by atoms with Crippen molar-refractivity contribution in [3.8, 4) is 0 Å². The van der Waals surface area contributed by atoms with E-state index in [1.807, 2.05) is 0 Å². The highest BCUT2D eigenvalue weighted by Crippen LogP contribution is 2.19. The van der Waals surface area contributed by atoms with E-state index in [0.717, 1.165) is 0 Å². The van der Waals surface area contributed by atoms with Gasteiger partial charge in [-0.05, 0) is 24.6 Å². The van der Waals surface area contributed by atoms with Crippen molar-refractivity contribution in [1.82, 2.24) is 0 Å². The second-order valence-corrected chi connectivity index (χ2v) is 3.79. The van der Waals surface area contributed by atoms with Gasteiger partial charge in [-0.2, -0.15) is 0 Å². The summed E-state index contributed by atoms with van der Waals surface area (Å²) in [6, 6.07) is 4.95. The van der Waals surface area contributed by atoms with E-state index < -0.39 is 5.97 Å². The molecule has 0 saturated heterocycles. The van der Waals surface area contributed by atoms with Gasteiger partial charge in [-0.1, -0.05) is 22.0 Å². The normalized spacial score (nSPS) is 9.86. The van der Waals surface area contributed by atoms with Crippen LogP contribution in [-0.2, 0) is 11.2 Å². The monoisotopic (exact) mass is 256 g/mol. The Morgan fingerprint density at radius 1 is 1.43 bits per heavy atom. The fraction of sp³-hybridized carbons (Fsp3) is 0.200. The Morgan fingerprint density at radius 2 is 2.07 bits per heavy atom. The van der Waals surface area contributed by atoms with Crippen molar-refractivity contribution < 1.29 is 14.7 Å². The van der Waals surface area contributed by atoms with Crippen molar-refractivity contribution in [2.75, 3.05) is 0 Å². The zero-order valence-corrected chi connectivity index (χ0v) is 9.17. The van der Waals surface area contributed by atoms with Crippen LogP contribution in [0.5, 0.6) is 0 Å². The number of carbonyl (C=O) groups is 2. The maximum absolute atomic E-state index is 11.0. The summed E-state index contributed by atoms with van der Waals surface area (Å²) in [6.07, 6.45) is -0.0816. The number of aliphatic carboxylic acids is 1. The first kappa shape index (κ1) is 10.9. The van der Waals surface area contributed by atoms with E-state index in [2.05, 4.69) is 15.9 Å². The second kappa shape index (κ2) is 4.37. The molecule has 0 aliphatic rings. The number of hydrogen-bond donors (Lipinski definition) is 1. The van der Waals surface area contributed by atoms with Crippen LogP contribution >= 0.6 is 15.9 Å². The highest BCUT2D eigenvalue weighted by molar-refractivity contribution is 9.10. The summed E-state index contributed by atoms with van der Waals surface area (Å²) in [5, 5.41) is 8.62. The minimum absolute atomic E-state index is 0.0656. The molecular weight excluding hydrogens is 248 g/mol. The Kier molecular flexibility index (Phi) is 3.41. The lowest BCUT2D eigenvalue weighted by Crippen LogP contribution is -2.02. The van der Waals surface area contributed by atoms with E-state index in [0.29, 0.717) is 15.6 Å². The van der Waals surface area contributed by atoms with E-state index in [1.54, 1.807) is 18.2 Å². The standard InChI is InChI=1S/C10H9BrO3/c1-6(12)7-2-3-9(11)8(4-7)5-10(13)14/h2-4H,5H2,1H3,(H,13,14). The fourth-order valence-electron chi connectivity index (χ4n) is 1.09. The summed E-state index contributed by atoms with van der Waals surface area (Å²) in [5.41, 5.74) is 1.15. The number of benzene rings is 1. The van der Waals surface area contributed by atoms with Crippen LogP contribution in [0.25, 0.3) is 0 Å². The molecule has 0 aliphatic heterocycles. The number of carbonyl (C=O) groups excluding carboxylic acids is 1. The molecule has 0 radical (unpaired) electrons. The third-order valence-corrected chi connectivity index (χ3v) is 2.57. The van der Waals surface area contributed by atoms with Gasteiger partial charge in [-0.3, -0.25) is 9.59 Å². The van der Waals surface area contributed by atoms with Crippen LogP contribution in [0.1, 0.15) is 22.8 Å². The van der Waals surface area contributed by atoms with Gasteiger partial charge in [0.25, 0.3) is 0 Å². The Balaban J connectivity index is 3.08. The van der Waals surface area contributed by atoms with Gasteiger partial charge in [-0.15, -0.1) is 0 Å². The molecular formula is C10H9BrO3. The summed E-state index contributed by atoms with van der Waals surface area (Å²) >= 11 is 3.23. The van der Waals surface area contributed by atoms with Crippen molar-refractivity contribution in [3.63, 3.8) is 0 Å². The van der Waals surface area contributed by atoms with Crippen LogP contribution < -0.4 is 0 Å². The van der Waals surface area contributed by atoms with Crippen LogP contribution in [0.2, 0.25) is 0 Å². The summed E-state index contributed by atoms with van der Waals surface area (Å²) < 4.78 is 0.713. The minimum Gasteiger partial charge on any atom is -0.481 e. The van der Waals surface area contributed by atoms with Crippen LogP contribution in [0.15, 0.2) is 22.7 Å². The maximum atomic E-state index is 11.0. The minimum atomic E-state index is -0.911. The summed E-state index contributed by atoms with van der Waals surface area (Å²) in [5.74, 6) is -0.976. The largest absolute Gasteiger partial charge is 0.481 e. The molecule has 0 heterocycles. The van der Waals surface area contributed by atoms with E-state index in [9.17, 15) is 9.59 Å². The second-order valence-electron chi connectivity index (χ2n) is 2.93. The van der Waals surface area contributed by atoms with Crippen molar-refractivity contribution in [3.05, 3.63) is 33.8 Å². The lowest BCUT2D eigenvalue weighted by molar-refractivity contribution is -0.136. The van der Waals surface area contributed by atoms with Gasteiger partial charge in [0.05, 0.1) is 6.42 Å². The molecule has 14 heavy (non-hydrogen) atoms. The molecule has 0 aromatic heterocycles. The van der Waals surface area contributed by atoms with Crippen molar-refractivity contribution in [2.24, 2.45) is 0 Å². The molecule has 1 aromatic carbocycles. The highest BCUT2D eigenvalue weighted by Gasteiger charge is 2.07. The van der Waals surface area contributed by atoms with Crippen molar-refractivity contribution in [2.45, 2.75) is 13.3 Å². The van der Waals surface area contributed by atoms with Crippen LogP contribution in [0.3, 0.4) is 0 Å². The number of ketones is 1. The van der Waals surface area contributed by atoms with Crippen LogP contribution in [0.4, 0.5) is 0 Å². The van der Waals surface area contributed by atoms with E-state index >= 15 is 0 Å². The van der Waals surface area contributed by atoms with E-state index in [-0.39, 0.29) is 12.2 Å². The van der Waals surface area contributed by atoms with Gasteiger partial charge in [0.15, 0.2) is 5.78 Å². The van der Waals surface area contributed by atoms with Crippen molar-refractivity contribution in [1.29, 1.82) is 0 Å². The molecule has 0 saturated carbocycles. The molecule has 3 nitrogen and oxygen atoms in total. The lowest BCUT2D eigenvalue weighted by Gasteiger charge is -2.03. The van der Waals surface area contributed by atoms with E-state index in [1.165, 1.54) is 6.92 Å².